The van der Waals surface area contributed by atoms with E-state index >= 15 is 0 Å². The largest absolute Gasteiger partial charge is 0.448 e. The molecule has 0 saturated heterocycles. The third-order valence-electron chi connectivity index (χ3n) is 4.83. The molecule has 0 spiro atoms. The molecule has 0 aromatic heterocycles. The second-order valence-corrected chi connectivity index (χ2v) is 10.3. The molecule has 0 bridgehead atoms. The van der Waals surface area contributed by atoms with Crippen molar-refractivity contribution in [1.82, 2.24) is 10.6 Å². The third-order valence-corrected chi connectivity index (χ3v) is 6.97. The number of amides is 2. The van der Waals surface area contributed by atoms with Crippen LogP contribution >= 0.6 is 19.4 Å². The number of nitrogens with one attached hydrogen (secondary N) is 2. The van der Waals surface area contributed by atoms with E-state index in [4.69, 9.17) is 14.2 Å². The van der Waals surface area contributed by atoms with Crippen molar-refractivity contribution in [1.29, 1.82) is 0 Å². The Morgan fingerprint density at radius 2 is 1.82 bits per heavy atom. The maximum Gasteiger partial charge on any atom is 0.407 e. The van der Waals surface area contributed by atoms with Gasteiger partial charge in [0.05, 0.1) is 13.2 Å². The Hall–Kier alpha value is -0.760. The number of ether oxygens (including phenoxy) is 1. The van der Waals surface area contributed by atoms with Gasteiger partial charge in [-0.3, -0.25) is 9.36 Å². The molecule has 0 radical (unpaired) electrons. The van der Waals surface area contributed by atoms with Gasteiger partial charge in [0.25, 0.3) is 0 Å². The Kier molecular flexibility index (Phi) is 12.2. The number of rotatable bonds is 15. The fraction of sp³-hybridized carbons (Fsp3) is 0.889. The summed E-state index contributed by atoms with van der Waals surface area (Å²) >= 11 is 1.86. The van der Waals surface area contributed by atoms with Gasteiger partial charge in [-0.25, -0.2) is 4.79 Å². The Morgan fingerprint density at radius 1 is 1.11 bits per heavy atom. The number of carbonyl (C=O) groups is 2. The maximum absolute atomic E-state index is 11.8. The first kappa shape index (κ1) is 25.3. The van der Waals surface area contributed by atoms with Gasteiger partial charge in [-0.15, -0.1) is 0 Å². The number of thioether (sulfide) groups is 1. The fourth-order valence-corrected chi connectivity index (χ4v) is 4.42. The van der Waals surface area contributed by atoms with E-state index < -0.39 is 13.7 Å². The summed E-state index contributed by atoms with van der Waals surface area (Å²) in [6.07, 6.45) is 9.96. The summed E-state index contributed by atoms with van der Waals surface area (Å²) in [7, 11) is -3.37. The Bertz CT molecular complexity index is 519. The van der Waals surface area contributed by atoms with E-state index in [1.54, 1.807) is 0 Å². The van der Waals surface area contributed by atoms with Crippen LogP contribution in [0.1, 0.15) is 57.8 Å². The molecule has 2 amide bonds. The average Bonchev–Trinajstić information content (AvgIpc) is 2.59. The van der Waals surface area contributed by atoms with E-state index in [9.17, 15) is 14.2 Å². The van der Waals surface area contributed by atoms with Crippen molar-refractivity contribution in [3.05, 3.63) is 0 Å². The lowest BCUT2D eigenvalue weighted by molar-refractivity contribution is -0.121. The number of alkyl carbamates (subject to hydrolysis) is 1. The highest BCUT2D eigenvalue weighted by Crippen LogP contribution is 2.46. The van der Waals surface area contributed by atoms with Crippen LogP contribution in [0.15, 0.2) is 0 Å². The highest BCUT2D eigenvalue weighted by Gasteiger charge is 2.35. The van der Waals surface area contributed by atoms with Crippen LogP contribution in [0.4, 0.5) is 4.79 Å². The summed E-state index contributed by atoms with van der Waals surface area (Å²) in [6, 6.07) is 0. The number of carbonyl (C=O) groups excluding carboxylic acids is 2. The summed E-state index contributed by atoms with van der Waals surface area (Å²) in [6.45, 7) is 2.42. The standard InChI is InChI=1S/C18H35N2O6PS/c1-27(23,24)26-14-6-4-3-5-12-20-17(22)25-15-13-19-16(21)8-11-18(28-2)9-7-10-18/h3-15H2,1-2H3,(H,19,21)(H,20,22)(H,23,24). The first-order chi connectivity index (χ1) is 13.3. The molecule has 1 rings (SSSR count). The smallest absolute Gasteiger partial charge is 0.407 e. The Morgan fingerprint density at radius 3 is 2.43 bits per heavy atom. The van der Waals surface area contributed by atoms with E-state index in [0.29, 0.717) is 30.7 Å². The average molecular weight is 439 g/mol. The number of hydrogen-bond donors (Lipinski definition) is 3. The molecule has 10 heteroatoms. The van der Waals surface area contributed by atoms with Gasteiger partial charge < -0.3 is 24.8 Å². The molecule has 1 aliphatic rings. The monoisotopic (exact) mass is 438 g/mol. The lowest BCUT2D eigenvalue weighted by Crippen LogP contribution is -2.36. The Labute approximate surface area is 172 Å². The molecule has 0 heterocycles. The Balaban J connectivity index is 1.90. The van der Waals surface area contributed by atoms with Gasteiger partial charge in [0.15, 0.2) is 0 Å². The molecule has 1 atom stereocenters. The molecular formula is C18H35N2O6PS. The van der Waals surface area contributed by atoms with Crippen molar-refractivity contribution in [2.24, 2.45) is 0 Å². The van der Waals surface area contributed by atoms with E-state index in [0.717, 1.165) is 25.7 Å². The minimum atomic E-state index is -3.37. The third kappa shape index (κ3) is 11.9. The van der Waals surface area contributed by atoms with Crippen molar-refractivity contribution >= 4 is 31.4 Å². The highest BCUT2D eigenvalue weighted by molar-refractivity contribution is 8.00. The molecule has 28 heavy (non-hydrogen) atoms. The zero-order valence-corrected chi connectivity index (χ0v) is 18.7. The van der Waals surface area contributed by atoms with Crippen molar-refractivity contribution < 1.29 is 28.3 Å². The first-order valence-electron chi connectivity index (χ1n) is 9.94. The predicted molar refractivity (Wildman–Crippen MR) is 112 cm³/mol. The number of unbranched alkanes of at least 4 members (excludes halogenated alkanes) is 3. The predicted octanol–water partition coefficient (Wildman–Crippen LogP) is 3.29. The van der Waals surface area contributed by atoms with Gasteiger partial charge in [0.1, 0.15) is 6.61 Å². The first-order valence-corrected chi connectivity index (χ1v) is 13.2. The van der Waals surface area contributed by atoms with Gasteiger partial charge >= 0.3 is 13.7 Å². The lowest BCUT2D eigenvalue weighted by Gasteiger charge is -2.40. The molecule has 1 aliphatic carbocycles. The number of hydrogen-bond acceptors (Lipinski definition) is 6. The van der Waals surface area contributed by atoms with E-state index in [1.165, 1.54) is 25.9 Å². The van der Waals surface area contributed by atoms with Crippen LogP contribution in [0.3, 0.4) is 0 Å². The van der Waals surface area contributed by atoms with E-state index in [1.807, 2.05) is 11.8 Å². The lowest BCUT2D eigenvalue weighted by atomic mass is 9.81. The zero-order chi connectivity index (χ0) is 20.9. The van der Waals surface area contributed by atoms with E-state index in [-0.39, 0.29) is 19.1 Å². The van der Waals surface area contributed by atoms with Crippen molar-refractivity contribution in [3.63, 3.8) is 0 Å². The van der Waals surface area contributed by atoms with Crippen LogP contribution in [0.25, 0.3) is 0 Å². The van der Waals surface area contributed by atoms with Gasteiger partial charge in [0, 0.05) is 24.4 Å². The second kappa shape index (κ2) is 13.5. The molecular weight excluding hydrogens is 403 g/mol. The van der Waals surface area contributed by atoms with Crippen LogP contribution in [-0.4, -0.2) is 60.9 Å². The zero-order valence-electron chi connectivity index (χ0n) is 17.0. The summed E-state index contributed by atoms with van der Waals surface area (Å²) in [5.74, 6) is 0.00828. The quantitative estimate of drug-likeness (QED) is 0.265. The van der Waals surface area contributed by atoms with E-state index in [2.05, 4.69) is 16.9 Å². The highest BCUT2D eigenvalue weighted by atomic mass is 32.2. The topological polar surface area (TPSA) is 114 Å². The minimum Gasteiger partial charge on any atom is -0.448 e. The molecule has 0 aromatic rings. The van der Waals surface area contributed by atoms with Crippen LogP contribution in [0.5, 0.6) is 0 Å². The molecule has 1 fully saturated rings. The minimum absolute atomic E-state index is 0.00828. The van der Waals surface area contributed by atoms with Crippen LogP contribution in [0, 0.1) is 0 Å². The molecule has 1 saturated carbocycles. The van der Waals surface area contributed by atoms with Crippen molar-refractivity contribution in [2.75, 3.05) is 39.2 Å². The SMILES string of the molecule is CSC1(CCC(=O)NCCOC(=O)NCCCCCCOP(C)(=O)O)CCC1. The molecule has 0 aliphatic heterocycles. The van der Waals surface area contributed by atoms with Gasteiger partial charge in [-0.2, -0.15) is 11.8 Å². The fourth-order valence-electron chi connectivity index (χ4n) is 2.95. The summed E-state index contributed by atoms with van der Waals surface area (Å²) in [4.78, 5) is 32.4. The van der Waals surface area contributed by atoms with Gasteiger partial charge in [0.2, 0.25) is 5.91 Å². The molecule has 3 N–H and O–H groups in total. The normalized spacial score (nSPS) is 17.2. The van der Waals surface area contributed by atoms with Crippen LogP contribution < -0.4 is 10.6 Å². The van der Waals surface area contributed by atoms with Crippen LogP contribution in [0.2, 0.25) is 0 Å². The summed E-state index contributed by atoms with van der Waals surface area (Å²) in [5, 5.41) is 5.45. The van der Waals surface area contributed by atoms with Gasteiger partial charge in [-0.1, -0.05) is 19.3 Å². The molecule has 8 nitrogen and oxygen atoms in total. The summed E-state index contributed by atoms with van der Waals surface area (Å²) < 4.78 is 21.0. The second-order valence-electron chi connectivity index (χ2n) is 7.20. The molecule has 164 valence electrons. The van der Waals surface area contributed by atoms with Gasteiger partial charge in [-0.05, 0) is 38.4 Å². The van der Waals surface area contributed by atoms with Crippen molar-refractivity contribution in [3.8, 4) is 0 Å². The molecule has 1 unspecified atom stereocenters. The summed E-state index contributed by atoms with van der Waals surface area (Å²) in [5.41, 5.74) is 0. The maximum atomic E-state index is 11.8. The van der Waals surface area contributed by atoms with Crippen molar-refractivity contribution in [2.45, 2.75) is 62.5 Å². The molecule has 0 aromatic carbocycles. The van der Waals surface area contributed by atoms with Crippen LogP contribution in [-0.2, 0) is 18.6 Å².